The summed E-state index contributed by atoms with van der Waals surface area (Å²) in [5, 5.41) is 6.37. The van der Waals surface area contributed by atoms with E-state index >= 15 is 0 Å². The van der Waals surface area contributed by atoms with E-state index in [1.165, 1.54) is 25.3 Å². The molecule has 1 aliphatic heterocycles. The first kappa shape index (κ1) is 22.5. The first-order valence-corrected chi connectivity index (χ1v) is 10.9. The van der Waals surface area contributed by atoms with E-state index in [0.717, 1.165) is 32.1 Å². The van der Waals surface area contributed by atoms with E-state index in [1.807, 2.05) is 0 Å². The minimum atomic E-state index is -0.401. The van der Waals surface area contributed by atoms with Crippen molar-refractivity contribution in [2.24, 2.45) is 0 Å². The first-order valence-electron chi connectivity index (χ1n) is 10.5. The smallest absolute Gasteiger partial charge is 0.267 e. The van der Waals surface area contributed by atoms with Crippen molar-refractivity contribution in [3.05, 3.63) is 28.9 Å². The van der Waals surface area contributed by atoms with Gasteiger partial charge in [-0.3, -0.25) is 9.59 Å². The second-order valence-corrected chi connectivity index (χ2v) is 7.98. The Morgan fingerprint density at radius 1 is 1.20 bits per heavy atom. The number of aromatic nitrogens is 1. The molecule has 0 radical (unpaired) electrons. The fourth-order valence-corrected chi connectivity index (χ4v) is 3.74. The maximum absolute atomic E-state index is 12.1. The molecule has 1 aliphatic carbocycles. The van der Waals surface area contributed by atoms with Crippen molar-refractivity contribution in [1.82, 2.24) is 15.8 Å². The molecule has 2 heterocycles. The molecule has 1 aromatic heterocycles. The van der Waals surface area contributed by atoms with Crippen molar-refractivity contribution >= 4 is 35.3 Å². The lowest BCUT2D eigenvalue weighted by Crippen LogP contribution is -2.39. The molecule has 3 N–H and O–H groups in total. The average molecular weight is 437 g/mol. The molecular formula is C21H29ClN4O4. The third kappa shape index (κ3) is 7.59. The summed E-state index contributed by atoms with van der Waals surface area (Å²) in [6.07, 6.45) is 12.5. The highest BCUT2D eigenvalue weighted by molar-refractivity contribution is 6.33. The molecule has 1 unspecified atom stereocenters. The van der Waals surface area contributed by atoms with Crippen LogP contribution in [0.4, 0.5) is 5.82 Å². The number of rotatable bonds is 8. The molecule has 3 rings (SSSR count). The highest BCUT2D eigenvalue weighted by Gasteiger charge is 2.16. The number of hydroxylamine groups is 1. The number of carbonyl (C=O) groups is 2. The fraction of sp³-hybridized carbons (Fsp3) is 0.571. The van der Waals surface area contributed by atoms with Crippen LogP contribution >= 0.6 is 11.6 Å². The highest BCUT2D eigenvalue weighted by Crippen LogP contribution is 2.21. The van der Waals surface area contributed by atoms with Crippen molar-refractivity contribution in [2.75, 3.05) is 18.5 Å². The maximum atomic E-state index is 12.1. The van der Waals surface area contributed by atoms with Gasteiger partial charge in [-0.1, -0.05) is 30.9 Å². The summed E-state index contributed by atoms with van der Waals surface area (Å²) in [4.78, 5) is 33.4. The summed E-state index contributed by atoms with van der Waals surface area (Å²) in [5.74, 6) is -0.0425. The van der Waals surface area contributed by atoms with Crippen LogP contribution in [0, 0.1) is 0 Å². The molecule has 1 aromatic rings. The van der Waals surface area contributed by atoms with Gasteiger partial charge in [-0.05, 0) is 43.4 Å². The Labute approximate surface area is 181 Å². The third-order valence-corrected chi connectivity index (χ3v) is 5.39. The second kappa shape index (κ2) is 11.9. The zero-order chi connectivity index (χ0) is 21.2. The summed E-state index contributed by atoms with van der Waals surface area (Å²) in [6.45, 7) is 0.755. The Morgan fingerprint density at radius 2 is 2.00 bits per heavy atom. The van der Waals surface area contributed by atoms with E-state index in [2.05, 4.69) is 21.1 Å². The molecule has 0 aromatic carbocycles. The normalized spacial score (nSPS) is 20.1. The van der Waals surface area contributed by atoms with Crippen LogP contribution in [-0.4, -0.2) is 42.3 Å². The van der Waals surface area contributed by atoms with E-state index in [0.29, 0.717) is 23.0 Å². The van der Waals surface area contributed by atoms with Crippen LogP contribution in [0.2, 0.25) is 5.02 Å². The van der Waals surface area contributed by atoms with Crippen LogP contribution in [-0.2, 0) is 19.2 Å². The van der Waals surface area contributed by atoms with Crippen molar-refractivity contribution < 1.29 is 19.2 Å². The van der Waals surface area contributed by atoms with Gasteiger partial charge in [-0.25, -0.2) is 15.3 Å². The molecule has 1 saturated carbocycles. The van der Waals surface area contributed by atoms with Crippen LogP contribution in [0.15, 0.2) is 18.3 Å². The molecule has 1 atom stereocenters. The lowest BCUT2D eigenvalue weighted by molar-refractivity contribution is -0.198. The third-order valence-electron chi connectivity index (χ3n) is 5.11. The molecule has 9 heteroatoms. The minimum Gasteiger partial charge on any atom is -0.360 e. The summed E-state index contributed by atoms with van der Waals surface area (Å²) >= 11 is 6.25. The van der Waals surface area contributed by atoms with Crippen molar-refractivity contribution in [2.45, 2.75) is 63.7 Å². The summed E-state index contributed by atoms with van der Waals surface area (Å²) in [7, 11) is 0. The summed E-state index contributed by atoms with van der Waals surface area (Å²) in [6, 6.07) is 1.94. The average Bonchev–Trinajstić information content (AvgIpc) is 2.77. The Morgan fingerprint density at radius 3 is 2.73 bits per heavy atom. The van der Waals surface area contributed by atoms with Gasteiger partial charge < -0.3 is 15.4 Å². The lowest BCUT2D eigenvalue weighted by Gasteiger charge is -2.22. The highest BCUT2D eigenvalue weighted by atomic mass is 35.5. The molecule has 0 spiro atoms. The van der Waals surface area contributed by atoms with E-state index in [4.69, 9.17) is 21.2 Å². The van der Waals surface area contributed by atoms with Crippen molar-refractivity contribution in [1.29, 1.82) is 0 Å². The molecular weight excluding hydrogens is 408 g/mol. The predicted molar refractivity (Wildman–Crippen MR) is 115 cm³/mol. The number of hydrogen-bond donors (Lipinski definition) is 3. The SMILES string of the molecule is O=C(C=Cc1cnc(NCC(=O)NC2CCCCC2)c(Cl)c1)NOC1CCCCO1. The van der Waals surface area contributed by atoms with Crippen LogP contribution in [0.1, 0.15) is 56.9 Å². The van der Waals surface area contributed by atoms with Gasteiger partial charge in [0.2, 0.25) is 5.91 Å². The van der Waals surface area contributed by atoms with Gasteiger partial charge in [0.1, 0.15) is 5.82 Å². The summed E-state index contributed by atoms with van der Waals surface area (Å²) in [5.41, 5.74) is 3.01. The van der Waals surface area contributed by atoms with Crippen LogP contribution < -0.4 is 16.1 Å². The lowest BCUT2D eigenvalue weighted by atomic mass is 9.95. The molecule has 2 amide bonds. The number of pyridine rings is 1. The number of hydrogen-bond acceptors (Lipinski definition) is 6. The van der Waals surface area contributed by atoms with Gasteiger partial charge in [0, 0.05) is 31.3 Å². The van der Waals surface area contributed by atoms with Gasteiger partial charge in [0.25, 0.3) is 5.91 Å². The first-order chi connectivity index (χ1) is 14.6. The number of ether oxygens (including phenoxy) is 1. The number of anilines is 1. The predicted octanol–water partition coefficient (Wildman–Crippen LogP) is 3.18. The zero-order valence-electron chi connectivity index (χ0n) is 17.0. The van der Waals surface area contributed by atoms with Crippen LogP contribution in [0.25, 0.3) is 6.08 Å². The largest absolute Gasteiger partial charge is 0.360 e. The standard InChI is InChI=1S/C21H29ClN4O4/c22-17-12-15(9-10-18(27)26-30-20-8-4-5-11-29-20)13-23-21(17)24-14-19(28)25-16-6-2-1-3-7-16/h9-10,12-13,16,20H,1-8,11,14H2,(H,23,24)(H,25,28)(H,26,27). The number of carbonyl (C=O) groups excluding carboxylic acids is 2. The quantitative estimate of drug-likeness (QED) is 0.427. The van der Waals surface area contributed by atoms with E-state index in [1.54, 1.807) is 18.3 Å². The van der Waals surface area contributed by atoms with Crippen molar-refractivity contribution in [3.8, 4) is 0 Å². The minimum absolute atomic E-state index is 0.0673. The van der Waals surface area contributed by atoms with E-state index in [-0.39, 0.29) is 18.5 Å². The summed E-state index contributed by atoms with van der Waals surface area (Å²) < 4.78 is 5.38. The van der Waals surface area contributed by atoms with Gasteiger partial charge >= 0.3 is 0 Å². The molecule has 164 valence electrons. The molecule has 2 fully saturated rings. The molecule has 8 nitrogen and oxygen atoms in total. The van der Waals surface area contributed by atoms with Crippen LogP contribution in [0.3, 0.4) is 0 Å². The maximum Gasteiger partial charge on any atom is 0.267 e. The van der Waals surface area contributed by atoms with Crippen LogP contribution in [0.5, 0.6) is 0 Å². The van der Waals surface area contributed by atoms with E-state index in [9.17, 15) is 9.59 Å². The van der Waals surface area contributed by atoms with Gasteiger partial charge in [-0.2, -0.15) is 0 Å². The fourth-order valence-electron chi connectivity index (χ4n) is 3.50. The molecule has 0 bridgehead atoms. The second-order valence-electron chi connectivity index (χ2n) is 7.57. The van der Waals surface area contributed by atoms with E-state index < -0.39 is 12.2 Å². The number of nitrogens with zero attached hydrogens (tertiary/aromatic N) is 1. The topological polar surface area (TPSA) is 102 Å². The Balaban J connectivity index is 1.41. The Hall–Kier alpha value is -2.16. The number of amides is 2. The van der Waals surface area contributed by atoms with Gasteiger partial charge in [0.15, 0.2) is 6.29 Å². The monoisotopic (exact) mass is 436 g/mol. The van der Waals surface area contributed by atoms with Gasteiger partial charge in [-0.15, -0.1) is 0 Å². The number of halogens is 1. The van der Waals surface area contributed by atoms with Crippen molar-refractivity contribution in [3.63, 3.8) is 0 Å². The van der Waals surface area contributed by atoms with Gasteiger partial charge in [0.05, 0.1) is 11.6 Å². The molecule has 30 heavy (non-hydrogen) atoms. The Bertz CT molecular complexity index is 747. The zero-order valence-corrected chi connectivity index (χ0v) is 17.7. The number of nitrogens with one attached hydrogen (secondary N) is 3. The molecule has 2 aliphatic rings. The molecule has 1 saturated heterocycles. The Kier molecular flexibility index (Phi) is 8.92.